The number of aromatic nitrogens is 2. The third-order valence-corrected chi connectivity index (χ3v) is 7.34. The van der Waals surface area contributed by atoms with Gasteiger partial charge in [0.2, 0.25) is 5.91 Å². The van der Waals surface area contributed by atoms with Crippen LogP contribution in [0.25, 0.3) is 0 Å². The number of anilines is 3. The molecule has 2 fully saturated rings. The number of carbonyl (C=O) groups excluding carboxylic acids is 1. The van der Waals surface area contributed by atoms with Crippen molar-refractivity contribution in [3.8, 4) is 0 Å². The Morgan fingerprint density at radius 2 is 1.92 bits per heavy atom. The first-order valence-corrected chi connectivity index (χ1v) is 13.5. The zero-order chi connectivity index (χ0) is 26.4. The number of rotatable bonds is 9. The maximum atomic E-state index is 13.7. The molecule has 0 bridgehead atoms. The average molecular weight is 527 g/mol. The number of amides is 1. The van der Waals surface area contributed by atoms with Crippen LogP contribution in [0.15, 0.2) is 52.3 Å². The number of hydrogen-bond donors (Lipinski definition) is 4. The van der Waals surface area contributed by atoms with E-state index in [0.29, 0.717) is 47.9 Å². The Hall–Kier alpha value is -3.18. The minimum Gasteiger partial charge on any atom is -0.385 e. The zero-order valence-electron chi connectivity index (χ0n) is 21.3. The summed E-state index contributed by atoms with van der Waals surface area (Å²) in [4.78, 5) is 26.6. The molecule has 9 nitrogen and oxygen atoms in total. The maximum Gasteiger partial charge on any atom is 0.224 e. The molecule has 1 amide bonds. The van der Waals surface area contributed by atoms with Crippen LogP contribution < -0.4 is 21.3 Å². The third-order valence-electron chi connectivity index (χ3n) is 6.47. The van der Waals surface area contributed by atoms with Crippen molar-refractivity contribution in [2.45, 2.75) is 61.8 Å². The molecule has 198 valence electrons. The van der Waals surface area contributed by atoms with Gasteiger partial charge in [-0.1, -0.05) is 6.92 Å². The van der Waals surface area contributed by atoms with Crippen molar-refractivity contribution in [2.75, 3.05) is 41.7 Å². The van der Waals surface area contributed by atoms with E-state index in [0.717, 1.165) is 48.9 Å². The van der Waals surface area contributed by atoms with Gasteiger partial charge in [0.25, 0.3) is 0 Å². The van der Waals surface area contributed by atoms with Gasteiger partial charge in [-0.2, -0.15) is 0 Å². The molecule has 1 atom stereocenters. The number of nitrogens with one attached hydrogen (secondary N) is 3. The van der Waals surface area contributed by atoms with Gasteiger partial charge < -0.3 is 26.7 Å². The van der Waals surface area contributed by atoms with Gasteiger partial charge in [0.1, 0.15) is 23.6 Å². The van der Waals surface area contributed by atoms with Crippen LogP contribution in [0.4, 0.5) is 21.7 Å². The topological polar surface area (TPSA) is 123 Å². The summed E-state index contributed by atoms with van der Waals surface area (Å²) < 4.78 is 13.7. The van der Waals surface area contributed by atoms with Crippen LogP contribution in [-0.4, -0.2) is 64.9 Å². The summed E-state index contributed by atoms with van der Waals surface area (Å²) in [5.74, 6) is 1.65. The Bertz CT molecular complexity index is 1130. The molecule has 1 aromatic heterocycles. The molecule has 1 unspecified atom stereocenters. The molecule has 1 aromatic carbocycles. The van der Waals surface area contributed by atoms with Crippen molar-refractivity contribution in [1.29, 1.82) is 5.41 Å². The molecule has 0 radical (unpaired) electrons. The van der Waals surface area contributed by atoms with Gasteiger partial charge in [0, 0.05) is 61.0 Å². The summed E-state index contributed by atoms with van der Waals surface area (Å²) in [5, 5.41) is 14.2. The third kappa shape index (κ3) is 7.65. The Morgan fingerprint density at radius 1 is 1.19 bits per heavy atom. The van der Waals surface area contributed by atoms with Gasteiger partial charge in [0.15, 0.2) is 5.16 Å². The lowest BCUT2D eigenvalue weighted by atomic mass is 10.0. The molecule has 0 spiro atoms. The van der Waals surface area contributed by atoms with Crippen LogP contribution in [-0.2, 0) is 4.79 Å². The van der Waals surface area contributed by atoms with Gasteiger partial charge in [-0.15, -0.1) is 0 Å². The minimum atomic E-state index is -0.701. The van der Waals surface area contributed by atoms with E-state index in [9.17, 15) is 9.18 Å². The normalized spacial score (nSPS) is 19.2. The number of carbonyl (C=O) groups is 1. The lowest BCUT2D eigenvalue weighted by molar-refractivity contribution is -0.115. The SMILES string of the molecule is CCC(=O)Nc1ccc(Sc2nc(N/C(N)=C/C(C)=N)cc(N3CCC(N4CCC(F)C4)CC3)n2)cc1. The molecule has 11 heteroatoms. The zero-order valence-corrected chi connectivity index (χ0v) is 22.2. The lowest BCUT2D eigenvalue weighted by Crippen LogP contribution is -2.44. The van der Waals surface area contributed by atoms with Gasteiger partial charge in [-0.05, 0) is 68.3 Å². The summed E-state index contributed by atoms with van der Waals surface area (Å²) in [6.07, 6.45) is 3.82. The second kappa shape index (κ2) is 12.4. The van der Waals surface area contributed by atoms with Crippen LogP contribution in [0.5, 0.6) is 0 Å². The number of nitrogens with two attached hydrogens (primary N) is 1. The number of halogens is 1. The van der Waals surface area contributed by atoms with Gasteiger partial charge in [-0.3, -0.25) is 9.69 Å². The second-order valence-electron chi connectivity index (χ2n) is 9.43. The fourth-order valence-electron chi connectivity index (χ4n) is 4.60. The van der Waals surface area contributed by atoms with Crippen molar-refractivity contribution < 1.29 is 9.18 Å². The molecule has 0 aliphatic carbocycles. The van der Waals surface area contributed by atoms with E-state index in [1.807, 2.05) is 37.3 Å². The number of benzene rings is 1. The van der Waals surface area contributed by atoms with Gasteiger partial charge >= 0.3 is 0 Å². The first-order chi connectivity index (χ1) is 17.8. The molecular formula is C26H35FN8OS. The van der Waals surface area contributed by atoms with Crippen LogP contribution in [0, 0.1) is 5.41 Å². The molecule has 2 aliphatic heterocycles. The van der Waals surface area contributed by atoms with Crippen LogP contribution in [0.1, 0.15) is 39.5 Å². The van der Waals surface area contributed by atoms with E-state index in [1.165, 1.54) is 17.8 Å². The summed E-state index contributed by atoms with van der Waals surface area (Å²) in [7, 11) is 0. The Morgan fingerprint density at radius 3 is 2.54 bits per heavy atom. The number of hydrogen-bond acceptors (Lipinski definition) is 9. The summed E-state index contributed by atoms with van der Waals surface area (Å²) in [6, 6.07) is 9.85. The number of likely N-dealkylation sites (tertiary alicyclic amines) is 1. The minimum absolute atomic E-state index is 0.0315. The summed E-state index contributed by atoms with van der Waals surface area (Å²) in [6.45, 7) is 6.52. The molecule has 0 saturated carbocycles. The van der Waals surface area contributed by atoms with Crippen LogP contribution in [0.3, 0.4) is 0 Å². The predicted octanol–water partition coefficient (Wildman–Crippen LogP) is 4.24. The molecule has 2 aromatic rings. The molecule has 4 rings (SSSR count). The van der Waals surface area contributed by atoms with Crippen molar-refractivity contribution in [2.24, 2.45) is 5.73 Å². The van der Waals surface area contributed by atoms with E-state index >= 15 is 0 Å². The molecule has 5 N–H and O–H groups in total. The monoisotopic (exact) mass is 526 g/mol. The first-order valence-electron chi connectivity index (χ1n) is 12.7. The van der Waals surface area contributed by atoms with Crippen LogP contribution in [0.2, 0.25) is 0 Å². The average Bonchev–Trinajstić information content (AvgIpc) is 3.31. The Labute approximate surface area is 221 Å². The largest absolute Gasteiger partial charge is 0.385 e. The predicted molar refractivity (Wildman–Crippen MR) is 147 cm³/mol. The highest BCUT2D eigenvalue weighted by Gasteiger charge is 2.31. The van der Waals surface area contributed by atoms with Crippen molar-refractivity contribution >= 4 is 40.7 Å². The Balaban J connectivity index is 1.50. The number of nitrogens with zero attached hydrogens (tertiary/aromatic N) is 4. The molecular weight excluding hydrogens is 491 g/mol. The number of alkyl halides is 1. The summed E-state index contributed by atoms with van der Waals surface area (Å²) in [5.41, 5.74) is 7.14. The second-order valence-corrected chi connectivity index (χ2v) is 10.5. The van der Waals surface area contributed by atoms with Gasteiger partial charge in [0.05, 0.1) is 0 Å². The number of piperidine rings is 1. The van der Waals surface area contributed by atoms with E-state index in [4.69, 9.17) is 16.1 Å². The van der Waals surface area contributed by atoms with E-state index in [2.05, 4.69) is 25.4 Å². The van der Waals surface area contributed by atoms with Crippen molar-refractivity contribution in [3.63, 3.8) is 0 Å². The standard InChI is InChI=1S/C26H35FN8OS/c1-3-25(36)30-19-4-6-21(7-5-19)37-26-32-23(31-22(29)14-17(2)28)15-24(33-26)34-12-9-20(10-13-34)35-11-8-18(27)16-35/h4-7,14-15,18,20,28H,3,8-13,16,29H2,1-2H3,(H,30,36)(H,31,32,33)/b22-14+,28-17?. The lowest BCUT2D eigenvalue weighted by Gasteiger charge is -2.37. The highest BCUT2D eigenvalue weighted by atomic mass is 32.2. The van der Waals surface area contributed by atoms with Crippen molar-refractivity contribution in [1.82, 2.24) is 14.9 Å². The molecule has 2 aliphatic rings. The number of allylic oxidation sites excluding steroid dienone is 1. The Kier molecular flexibility index (Phi) is 8.99. The molecule has 3 heterocycles. The molecule has 2 saturated heterocycles. The molecule has 37 heavy (non-hydrogen) atoms. The first kappa shape index (κ1) is 26.9. The highest BCUT2D eigenvalue weighted by Crippen LogP contribution is 2.31. The van der Waals surface area contributed by atoms with E-state index in [-0.39, 0.29) is 5.91 Å². The van der Waals surface area contributed by atoms with E-state index in [1.54, 1.807) is 6.92 Å². The fraction of sp³-hybridized carbons (Fsp3) is 0.462. The highest BCUT2D eigenvalue weighted by molar-refractivity contribution is 7.99. The summed E-state index contributed by atoms with van der Waals surface area (Å²) >= 11 is 1.42. The van der Waals surface area contributed by atoms with Crippen molar-refractivity contribution in [3.05, 3.63) is 42.2 Å². The van der Waals surface area contributed by atoms with Gasteiger partial charge in [-0.25, -0.2) is 14.4 Å². The smallest absolute Gasteiger partial charge is 0.224 e. The maximum absolute atomic E-state index is 13.7. The quantitative estimate of drug-likeness (QED) is 0.283. The fourth-order valence-corrected chi connectivity index (χ4v) is 5.36. The van der Waals surface area contributed by atoms with Crippen LogP contribution >= 0.6 is 11.8 Å². The van der Waals surface area contributed by atoms with E-state index < -0.39 is 6.17 Å².